The third-order valence-corrected chi connectivity index (χ3v) is 5.47. The summed E-state index contributed by atoms with van der Waals surface area (Å²) in [4.78, 5) is 14.0. The number of carbonyl (C=O) groups excluding carboxylic acids is 1. The van der Waals surface area contributed by atoms with E-state index in [-0.39, 0.29) is 24.2 Å². The molecule has 1 aromatic rings. The molecule has 0 aliphatic carbocycles. The minimum Gasteiger partial charge on any atom is -0.377 e. The summed E-state index contributed by atoms with van der Waals surface area (Å²) in [6, 6.07) is 10.1. The average Bonchev–Trinajstić information content (AvgIpc) is 2.89. The molecule has 142 valence electrons. The Morgan fingerprint density at radius 1 is 1.27 bits per heavy atom. The van der Waals surface area contributed by atoms with Crippen molar-refractivity contribution >= 4 is 21.8 Å². The Hall–Kier alpha value is -1.21. The third-order valence-electron chi connectivity index (χ3n) is 4.69. The summed E-state index contributed by atoms with van der Waals surface area (Å²) in [5.41, 5.74) is 1.17. The molecule has 5 nitrogen and oxygen atoms in total. The summed E-state index contributed by atoms with van der Waals surface area (Å²) in [6.07, 6.45) is 3.47. The fraction of sp³-hybridized carbons (Fsp3) is 0.550. The third kappa shape index (κ3) is 4.94. The number of hydrogen-bond donors (Lipinski definition) is 0. The van der Waals surface area contributed by atoms with Crippen molar-refractivity contribution in [2.75, 3.05) is 20.7 Å². The Morgan fingerprint density at radius 2 is 2.04 bits per heavy atom. The van der Waals surface area contributed by atoms with Gasteiger partial charge in [0.2, 0.25) is 0 Å². The Morgan fingerprint density at radius 3 is 2.77 bits per heavy atom. The summed E-state index contributed by atoms with van der Waals surface area (Å²) in [7, 11) is 3.51. The highest BCUT2D eigenvalue weighted by molar-refractivity contribution is 9.11. The molecule has 1 fully saturated rings. The zero-order valence-electron chi connectivity index (χ0n) is 15.3. The molecular formula is C20H26BrNO4. The van der Waals surface area contributed by atoms with Gasteiger partial charge in [-0.1, -0.05) is 46.3 Å². The molecular weight excluding hydrogens is 398 g/mol. The minimum absolute atomic E-state index is 0.00761. The predicted octanol–water partition coefficient (Wildman–Crippen LogP) is 3.28. The quantitative estimate of drug-likeness (QED) is 0.631. The van der Waals surface area contributed by atoms with Crippen molar-refractivity contribution in [3.8, 4) is 0 Å². The van der Waals surface area contributed by atoms with Crippen LogP contribution in [0.5, 0.6) is 0 Å². The van der Waals surface area contributed by atoms with Crippen LogP contribution in [0.15, 0.2) is 40.9 Å². The lowest BCUT2D eigenvalue weighted by atomic mass is 10.1. The first kappa shape index (κ1) is 19.5. The maximum absolute atomic E-state index is 12.4. The van der Waals surface area contributed by atoms with Crippen LogP contribution in [-0.4, -0.2) is 55.9 Å². The lowest BCUT2D eigenvalue weighted by molar-refractivity contribution is -0.146. The number of nitrogens with zero attached hydrogens (tertiary/aromatic N) is 1. The van der Waals surface area contributed by atoms with Gasteiger partial charge in [0.1, 0.15) is 12.2 Å². The highest BCUT2D eigenvalue weighted by Crippen LogP contribution is 2.36. The Labute approximate surface area is 163 Å². The van der Waals surface area contributed by atoms with E-state index < -0.39 is 6.10 Å². The number of fused-ring (bicyclic) bond motifs is 2. The van der Waals surface area contributed by atoms with E-state index in [1.165, 1.54) is 5.56 Å². The van der Waals surface area contributed by atoms with E-state index in [1.54, 1.807) is 19.0 Å². The molecule has 4 atom stereocenters. The second kappa shape index (κ2) is 9.13. The molecule has 26 heavy (non-hydrogen) atoms. The van der Waals surface area contributed by atoms with Crippen molar-refractivity contribution in [3.63, 3.8) is 0 Å². The molecule has 1 saturated heterocycles. The Kier molecular flexibility index (Phi) is 6.86. The lowest BCUT2D eigenvalue weighted by Crippen LogP contribution is -2.40. The van der Waals surface area contributed by atoms with Crippen LogP contribution in [0.25, 0.3) is 0 Å². The highest BCUT2D eigenvalue weighted by atomic mass is 79.9. The molecule has 1 aromatic carbocycles. The largest absolute Gasteiger partial charge is 0.377 e. The van der Waals surface area contributed by atoms with Crippen molar-refractivity contribution in [2.24, 2.45) is 0 Å². The topological polar surface area (TPSA) is 48.0 Å². The zero-order chi connectivity index (χ0) is 18.5. The number of ether oxygens (including phenoxy) is 3. The average molecular weight is 424 g/mol. The van der Waals surface area contributed by atoms with Gasteiger partial charge in [0, 0.05) is 31.6 Å². The standard InChI is InChI=1S/C20H26BrNO4/c1-22(2)20(23)19-12-17-15(21)11-18(26-17)16(25-19)9-6-10-24-13-14-7-4-3-5-8-14/h3-5,7-8,11,16-19H,6,9-10,12-13H2,1-2H3/t16-,17-,18-,19-/m0/s1. The van der Waals surface area contributed by atoms with Crippen LogP contribution in [-0.2, 0) is 25.6 Å². The van der Waals surface area contributed by atoms with Crippen molar-refractivity contribution in [1.29, 1.82) is 0 Å². The van der Waals surface area contributed by atoms with Crippen LogP contribution in [0.2, 0.25) is 0 Å². The number of halogens is 1. The molecule has 2 aliphatic rings. The van der Waals surface area contributed by atoms with Gasteiger partial charge in [0.05, 0.1) is 18.8 Å². The normalized spacial score (nSPS) is 27.7. The van der Waals surface area contributed by atoms with Gasteiger partial charge in [-0.2, -0.15) is 0 Å². The summed E-state index contributed by atoms with van der Waals surface area (Å²) >= 11 is 3.57. The Balaban J connectivity index is 1.51. The molecule has 3 rings (SSSR count). The molecule has 6 heteroatoms. The van der Waals surface area contributed by atoms with E-state index in [1.807, 2.05) is 18.2 Å². The van der Waals surface area contributed by atoms with E-state index in [2.05, 4.69) is 34.1 Å². The first-order valence-electron chi connectivity index (χ1n) is 9.05. The van der Waals surface area contributed by atoms with Crippen LogP contribution in [0.4, 0.5) is 0 Å². The number of hydrogen-bond acceptors (Lipinski definition) is 4. The van der Waals surface area contributed by atoms with Gasteiger partial charge < -0.3 is 19.1 Å². The fourth-order valence-corrected chi connectivity index (χ4v) is 3.85. The number of benzene rings is 1. The van der Waals surface area contributed by atoms with Crippen LogP contribution in [0, 0.1) is 0 Å². The second-order valence-electron chi connectivity index (χ2n) is 6.95. The van der Waals surface area contributed by atoms with Crippen LogP contribution >= 0.6 is 15.9 Å². The van der Waals surface area contributed by atoms with E-state index in [0.717, 1.165) is 17.3 Å². The van der Waals surface area contributed by atoms with Crippen molar-refractivity contribution in [2.45, 2.75) is 50.3 Å². The minimum atomic E-state index is -0.462. The van der Waals surface area contributed by atoms with E-state index >= 15 is 0 Å². The predicted molar refractivity (Wildman–Crippen MR) is 103 cm³/mol. The smallest absolute Gasteiger partial charge is 0.251 e. The molecule has 0 saturated carbocycles. The number of carbonyl (C=O) groups is 1. The molecule has 0 spiro atoms. The highest BCUT2D eigenvalue weighted by Gasteiger charge is 2.41. The maximum atomic E-state index is 12.4. The van der Waals surface area contributed by atoms with Crippen molar-refractivity contribution < 1.29 is 19.0 Å². The first-order chi connectivity index (χ1) is 12.5. The second-order valence-corrected chi connectivity index (χ2v) is 7.87. The van der Waals surface area contributed by atoms with Gasteiger partial charge in [0.15, 0.2) is 0 Å². The SMILES string of the molecule is CN(C)C(=O)[C@@H]1C[C@@H]2O[C@@H](C=C2Br)[C@H](CCCOCc2ccccc2)O1. The molecule has 0 aromatic heterocycles. The van der Waals surface area contributed by atoms with E-state index in [0.29, 0.717) is 19.6 Å². The molecule has 2 heterocycles. The molecule has 1 amide bonds. The number of likely N-dealkylation sites (N-methyl/N-ethyl adjacent to an activating group) is 1. The maximum Gasteiger partial charge on any atom is 0.251 e. The van der Waals surface area contributed by atoms with Crippen LogP contribution < -0.4 is 0 Å². The van der Waals surface area contributed by atoms with Crippen LogP contribution in [0.3, 0.4) is 0 Å². The summed E-state index contributed by atoms with van der Waals surface area (Å²) in [5.74, 6) is -0.00761. The van der Waals surface area contributed by atoms with E-state index in [9.17, 15) is 4.79 Å². The van der Waals surface area contributed by atoms with Gasteiger partial charge in [0.25, 0.3) is 5.91 Å². The lowest BCUT2D eigenvalue weighted by Gasteiger charge is -2.26. The Bertz CT molecular complexity index is 634. The van der Waals surface area contributed by atoms with Crippen molar-refractivity contribution in [1.82, 2.24) is 4.90 Å². The van der Waals surface area contributed by atoms with Gasteiger partial charge in [-0.15, -0.1) is 0 Å². The summed E-state index contributed by atoms with van der Waals surface area (Å²) < 4.78 is 19.0. The number of amides is 1. The summed E-state index contributed by atoms with van der Waals surface area (Å²) in [6.45, 7) is 1.27. The number of rotatable bonds is 7. The van der Waals surface area contributed by atoms with Gasteiger partial charge in [-0.25, -0.2) is 0 Å². The molecule has 2 aliphatic heterocycles. The zero-order valence-corrected chi connectivity index (χ0v) is 16.9. The molecule has 2 bridgehead atoms. The van der Waals surface area contributed by atoms with Crippen LogP contribution in [0.1, 0.15) is 24.8 Å². The monoisotopic (exact) mass is 423 g/mol. The van der Waals surface area contributed by atoms with Gasteiger partial charge in [-0.05, 0) is 24.5 Å². The first-order valence-corrected chi connectivity index (χ1v) is 9.85. The molecule has 0 N–H and O–H groups in total. The summed E-state index contributed by atoms with van der Waals surface area (Å²) in [5, 5.41) is 0. The fourth-order valence-electron chi connectivity index (χ4n) is 3.29. The molecule has 0 unspecified atom stereocenters. The van der Waals surface area contributed by atoms with E-state index in [4.69, 9.17) is 14.2 Å². The van der Waals surface area contributed by atoms with Gasteiger partial charge >= 0.3 is 0 Å². The van der Waals surface area contributed by atoms with Gasteiger partial charge in [-0.3, -0.25) is 4.79 Å². The molecule has 0 radical (unpaired) electrons. The van der Waals surface area contributed by atoms with Crippen molar-refractivity contribution in [3.05, 3.63) is 46.5 Å².